The van der Waals surface area contributed by atoms with Gasteiger partial charge >= 0.3 is 6.03 Å². The van der Waals surface area contributed by atoms with Crippen molar-refractivity contribution in [3.63, 3.8) is 0 Å². The molecule has 0 aromatic heterocycles. The molecule has 0 spiro atoms. The third kappa shape index (κ3) is 4.44. The quantitative estimate of drug-likeness (QED) is 0.678. The van der Waals surface area contributed by atoms with E-state index in [9.17, 15) is 9.59 Å². The number of carbonyl (C=O) groups excluding carboxylic acids is 2. The van der Waals surface area contributed by atoms with Crippen LogP contribution in [0.25, 0.3) is 0 Å². The van der Waals surface area contributed by atoms with E-state index in [-0.39, 0.29) is 11.9 Å². The van der Waals surface area contributed by atoms with Crippen LogP contribution in [0.4, 0.5) is 4.79 Å². The maximum absolute atomic E-state index is 12.7. The van der Waals surface area contributed by atoms with Crippen LogP contribution in [-0.4, -0.2) is 71.5 Å². The van der Waals surface area contributed by atoms with Crippen LogP contribution in [0.2, 0.25) is 0 Å². The van der Waals surface area contributed by atoms with Crippen LogP contribution in [0.5, 0.6) is 0 Å². The fraction of sp³-hybridized carbons (Fsp3) is 0.857. The summed E-state index contributed by atoms with van der Waals surface area (Å²) in [4.78, 5) is 35.8. The lowest BCUT2D eigenvalue weighted by Crippen LogP contribution is -2.64. The van der Waals surface area contributed by atoms with Gasteiger partial charge in [-0.1, -0.05) is 52.9 Å². The predicted molar refractivity (Wildman–Crippen MR) is 111 cm³/mol. The van der Waals surface area contributed by atoms with Crippen LogP contribution >= 0.6 is 0 Å². The van der Waals surface area contributed by atoms with Gasteiger partial charge in [0.05, 0.1) is 0 Å². The third-order valence-corrected chi connectivity index (χ3v) is 6.24. The molecule has 3 aliphatic heterocycles. The van der Waals surface area contributed by atoms with Crippen molar-refractivity contribution in [1.82, 2.24) is 20.0 Å². The summed E-state index contributed by atoms with van der Waals surface area (Å²) in [5, 5.41) is 2.50. The number of nitrogens with one attached hydrogen (secondary N) is 1. The number of fused-ring (bicyclic) bond motifs is 1. The number of unbranched alkanes of at least 4 members (excludes halogenated alkanes) is 5. The summed E-state index contributed by atoms with van der Waals surface area (Å²) >= 11 is 0. The highest BCUT2D eigenvalue weighted by Crippen LogP contribution is 2.29. The number of carbonyl (C=O) groups is 2. The molecule has 7 nitrogen and oxygen atoms in total. The summed E-state index contributed by atoms with van der Waals surface area (Å²) in [6.07, 6.45) is 8.10. The number of rotatable bonds is 7. The first-order chi connectivity index (χ1) is 13.4. The molecule has 4 atom stereocenters. The first-order valence-corrected chi connectivity index (χ1v) is 11.1. The van der Waals surface area contributed by atoms with E-state index in [1.807, 2.05) is 0 Å². The number of likely N-dealkylation sites (tertiary alicyclic amines) is 1. The Morgan fingerprint density at radius 2 is 1.68 bits per heavy atom. The Kier molecular flexibility index (Phi) is 6.83. The Morgan fingerprint density at radius 3 is 2.36 bits per heavy atom. The summed E-state index contributed by atoms with van der Waals surface area (Å²) in [5.74, 6) is 1.92. The molecular weight excluding hydrogens is 354 g/mol. The van der Waals surface area contributed by atoms with Crippen LogP contribution in [0.1, 0.15) is 65.7 Å². The van der Waals surface area contributed by atoms with Gasteiger partial charge in [-0.2, -0.15) is 0 Å². The normalized spacial score (nSPS) is 30.4. The molecule has 0 aliphatic carbocycles. The van der Waals surface area contributed by atoms with E-state index < -0.39 is 12.2 Å². The number of guanidine groups is 1. The smallest absolute Gasteiger partial charge is 0.325 e. The van der Waals surface area contributed by atoms with Gasteiger partial charge < -0.3 is 14.7 Å². The minimum absolute atomic E-state index is 0.212. The molecule has 0 aromatic rings. The van der Waals surface area contributed by atoms with Crippen molar-refractivity contribution >= 4 is 17.9 Å². The zero-order valence-corrected chi connectivity index (χ0v) is 18.0. The maximum Gasteiger partial charge on any atom is 0.325 e. The molecule has 0 aromatic carbocycles. The molecule has 2 saturated heterocycles. The Bertz CT molecular complexity index is 598. The lowest BCUT2D eigenvalue weighted by Gasteiger charge is -2.41. The lowest BCUT2D eigenvalue weighted by molar-refractivity contribution is -0.127. The molecule has 3 aliphatic rings. The van der Waals surface area contributed by atoms with E-state index in [0.29, 0.717) is 11.8 Å². The average molecular weight is 392 g/mol. The van der Waals surface area contributed by atoms with Gasteiger partial charge in [-0.05, 0) is 24.7 Å². The Balaban J connectivity index is 1.73. The van der Waals surface area contributed by atoms with Crippen LogP contribution in [0, 0.1) is 11.8 Å². The molecule has 2 fully saturated rings. The Morgan fingerprint density at radius 1 is 1.04 bits per heavy atom. The standard InChI is InChI=1S/C21H37N5O2/c1-5-6-7-8-9-10-11-26-17-18(24(4)21(28)23-19(17)27)22-20(26)25-13-15(2)12-16(3)14-25/h15-18H,5-14H2,1-4H3,(H,23,27,28). The van der Waals surface area contributed by atoms with Gasteiger partial charge in [0.15, 0.2) is 18.2 Å². The van der Waals surface area contributed by atoms with Crippen molar-refractivity contribution in [2.24, 2.45) is 16.8 Å². The lowest BCUT2D eigenvalue weighted by atomic mass is 9.92. The molecule has 28 heavy (non-hydrogen) atoms. The average Bonchev–Trinajstić information content (AvgIpc) is 3.02. The number of nitrogens with zero attached hydrogens (tertiary/aromatic N) is 4. The molecule has 0 radical (unpaired) electrons. The van der Waals surface area contributed by atoms with Crippen molar-refractivity contribution in [2.45, 2.75) is 77.9 Å². The number of imide groups is 1. The van der Waals surface area contributed by atoms with Crippen LogP contribution in [0.3, 0.4) is 0 Å². The number of hydrogen-bond acceptors (Lipinski definition) is 5. The highest BCUT2D eigenvalue weighted by atomic mass is 16.2. The van der Waals surface area contributed by atoms with E-state index in [2.05, 4.69) is 35.9 Å². The third-order valence-electron chi connectivity index (χ3n) is 6.24. The Hall–Kier alpha value is -1.79. The molecule has 3 amide bonds. The van der Waals surface area contributed by atoms with Crippen molar-refractivity contribution in [3.05, 3.63) is 0 Å². The fourth-order valence-electron chi connectivity index (χ4n) is 4.90. The van der Waals surface area contributed by atoms with Crippen LogP contribution < -0.4 is 5.32 Å². The molecule has 158 valence electrons. The number of amides is 3. The van der Waals surface area contributed by atoms with Gasteiger partial charge in [-0.25, -0.2) is 9.79 Å². The van der Waals surface area contributed by atoms with Crippen LogP contribution in [-0.2, 0) is 4.79 Å². The number of urea groups is 1. The molecular formula is C21H37N5O2. The van der Waals surface area contributed by atoms with Gasteiger partial charge in [0, 0.05) is 26.7 Å². The number of piperidine rings is 1. The Labute approximate surface area is 169 Å². The SMILES string of the molecule is CCCCCCCCN1C(N2CC(C)CC(C)C2)=NC2C1C(=O)NC(=O)N2C. The van der Waals surface area contributed by atoms with Crippen molar-refractivity contribution < 1.29 is 9.59 Å². The largest absolute Gasteiger partial charge is 0.342 e. The van der Waals surface area contributed by atoms with E-state index in [1.165, 1.54) is 38.5 Å². The number of hydrogen-bond donors (Lipinski definition) is 1. The second-order valence-corrected chi connectivity index (χ2v) is 9.01. The minimum atomic E-state index is -0.413. The summed E-state index contributed by atoms with van der Waals surface area (Å²) in [6, 6.07) is -0.753. The highest BCUT2D eigenvalue weighted by molar-refractivity contribution is 6.03. The van der Waals surface area contributed by atoms with E-state index in [4.69, 9.17) is 4.99 Å². The molecule has 7 heteroatoms. The van der Waals surface area contributed by atoms with Crippen molar-refractivity contribution in [1.29, 1.82) is 0 Å². The molecule has 3 heterocycles. The molecule has 3 rings (SSSR count). The summed E-state index contributed by atoms with van der Waals surface area (Å²) in [7, 11) is 1.73. The van der Waals surface area contributed by atoms with Crippen molar-refractivity contribution in [2.75, 3.05) is 26.7 Å². The summed E-state index contributed by atoms with van der Waals surface area (Å²) in [6.45, 7) is 9.55. The van der Waals surface area contributed by atoms with Gasteiger partial charge in [0.1, 0.15) is 0 Å². The van der Waals surface area contributed by atoms with Crippen LogP contribution in [0.15, 0.2) is 4.99 Å². The minimum Gasteiger partial charge on any atom is -0.342 e. The zero-order chi connectivity index (χ0) is 20.3. The predicted octanol–water partition coefficient (Wildman–Crippen LogP) is 2.87. The number of aliphatic imine (C=N–C) groups is 1. The van der Waals surface area contributed by atoms with Gasteiger partial charge in [-0.15, -0.1) is 0 Å². The molecule has 1 N–H and O–H groups in total. The molecule has 0 saturated carbocycles. The van der Waals surface area contributed by atoms with Gasteiger partial charge in [0.25, 0.3) is 5.91 Å². The zero-order valence-electron chi connectivity index (χ0n) is 18.0. The van der Waals surface area contributed by atoms with Crippen molar-refractivity contribution in [3.8, 4) is 0 Å². The topological polar surface area (TPSA) is 68.2 Å². The summed E-state index contributed by atoms with van der Waals surface area (Å²) < 4.78 is 0. The second kappa shape index (κ2) is 9.14. The monoisotopic (exact) mass is 391 g/mol. The molecule has 0 bridgehead atoms. The fourth-order valence-corrected chi connectivity index (χ4v) is 4.90. The van der Waals surface area contributed by atoms with E-state index >= 15 is 0 Å². The maximum atomic E-state index is 12.7. The number of likely N-dealkylation sites (N-methyl/N-ethyl adjacent to an activating group) is 1. The molecule has 4 unspecified atom stereocenters. The summed E-state index contributed by atoms with van der Waals surface area (Å²) in [5.41, 5.74) is 0. The first kappa shape index (κ1) is 20.9. The first-order valence-electron chi connectivity index (χ1n) is 11.1. The highest BCUT2D eigenvalue weighted by Gasteiger charge is 2.49. The van der Waals surface area contributed by atoms with Gasteiger partial charge in [-0.3, -0.25) is 10.1 Å². The van der Waals surface area contributed by atoms with Gasteiger partial charge in [0.2, 0.25) is 0 Å². The van der Waals surface area contributed by atoms with E-state index in [1.54, 1.807) is 11.9 Å². The second-order valence-electron chi connectivity index (χ2n) is 9.01. The van der Waals surface area contributed by atoms with E-state index in [0.717, 1.165) is 32.0 Å².